The standard InChI is InChI=1S/C16H17F2N5O5S2/c1-8-7-29-15(20-8)10-4-9(5-19-10)30(24,25)23-16-21-13(26-2)12(14(22-16)27-3)28-6-11(17)18/h4-5,7,11,19H,6H2,1-3H3,(H,21,22,23). The summed E-state index contributed by atoms with van der Waals surface area (Å²) in [5.74, 6) is -1.20. The maximum atomic E-state index is 12.7. The molecule has 10 nitrogen and oxygen atoms in total. The Balaban J connectivity index is 1.88. The summed E-state index contributed by atoms with van der Waals surface area (Å²) in [4.78, 5) is 14.8. The van der Waals surface area contributed by atoms with Crippen LogP contribution in [0.5, 0.6) is 17.5 Å². The SMILES string of the molecule is COc1nc(NS(=O)(=O)c2c[nH]c(-c3nc(C)cs3)c2)nc(OC)c1OCC(F)F. The molecule has 30 heavy (non-hydrogen) atoms. The van der Waals surface area contributed by atoms with Gasteiger partial charge in [-0.2, -0.15) is 9.97 Å². The number of aryl methyl sites for hydroxylation is 1. The predicted octanol–water partition coefficient (Wildman–Crippen LogP) is 2.70. The van der Waals surface area contributed by atoms with Crippen LogP contribution in [0.4, 0.5) is 14.7 Å². The fourth-order valence-electron chi connectivity index (χ4n) is 2.31. The molecule has 0 amide bonds. The van der Waals surface area contributed by atoms with Gasteiger partial charge in [0, 0.05) is 17.3 Å². The number of hydrogen-bond acceptors (Lipinski definition) is 9. The van der Waals surface area contributed by atoms with Crippen molar-refractivity contribution in [1.29, 1.82) is 0 Å². The predicted molar refractivity (Wildman–Crippen MR) is 104 cm³/mol. The number of alkyl halides is 2. The van der Waals surface area contributed by atoms with Gasteiger partial charge in [0.25, 0.3) is 28.2 Å². The van der Waals surface area contributed by atoms with E-state index in [2.05, 4.69) is 24.7 Å². The molecule has 0 saturated heterocycles. The molecule has 2 N–H and O–H groups in total. The van der Waals surface area contributed by atoms with Crippen LogP contribution in [0.25, 0.3) is 10.7 Å². The van der Waals surface area contributed by atoms with Crippen molar-refractivity contribution in [3.05, 3.63) is 23.3 Å². The fourth-order valence-corrected chi connectivity index (χ4v) is 4.03. The number of anilines is 1. The first kappa shape index (κ1) is 21.7. The summed E-state index contributed by atoms with van der Waals surface area (Å²) in [5, 5.41) is 2.47. The molecule has 3 aromatic rings. The third kappa shape index (κ3) is 4.76. The highest BCUT2D eigenvalue weighted by atomic mass is 32.2. The smallest absolute Gasteiger partial charge is 0.272 e. The Morgan fingerprint density at radius 3 is 2.40 bits per heavy atom. The van der Waals surface area contributed by atoms with Crippen molar-refractivity contribution in [2.45, 2.75) is 18.2 Å². The molecule has 0 aliphatic heterocycles. The molecular formula is C16H17F2N5O5S2. The molecular weight excluding hydrogens is 444 g/mol. The summed E-state index contributed by atoms with van der Waals surface area (Å²) in [7, 11) is -1.66. The van der Waals surface area contributed by atoms with Gasteiger partial charge in [0.1, 0.15) is 16.5 Å². The number of sulfonamides is 1. The summed E-state index contributed by atoms with van der Waals surface area (Å²) in [6, 6.07) is 1.41. The van der Waals surface area contributed by atoms with Crippen molar-refractivity contribution in [3.8, 4) is 28.2 Å². The minimum absolute atomic E-state index is 0.0788. The zero-order chi connectivity index (χ0) is 21.9. The normalized spacial score (nSPS) is 11.5. The van der Waals surface area contributed by atoms with Gasteiger partial charge in [-0.1, -0.05) is 0 Å². The minimum atomic E-state index is -4.08. The Morgan fingerprint density at radius 2 is 1.87 bits per heavy atom. The third-order valence-electron chi connectivity index (χ3n) is 3.59. The van der Waals surface area contributed by atoms with Crippen molar-refractivity contribution in [1.82, 2.24) is 19.9 Å². The van der Waals surface area contributed by atoms with Gasteiger partial charge in [-0.15, -0.1) is 11.3 Å². The zero-order valence-corrected chi connectivity index (χ0v) is 17.6. The first-order valence-electron chi connectivity index (χ1n) is 8.28. The number of rotatable bonds is 9. The van der Waals surface area contributed by atoms with E-state index in [1.54, 1.807) is 0 Å². The number of ether oxygens (including phenoxy) is 3. The quantitative estimate of drug-likeness (QED) is 0.498. The molecule has 0 aliphatic rings. The number of thiazole rings is 1. The van der Waals surface area contributed by atoms with Gasteiger partial charge in [-0.05, 0) is 13.0 Å². The molecule has 0 fully saturated rings. The van der Waals surface area contributed by atoms with E-state index in [0.717, 1.165) is 5.69 Å². The summed E-state index contributed by atoms with van der Waals surface area (Å²) in [5.41, 5.74) is 1.34. The highest BCUT2D eigenvalue weighted by Gasteiger charge is 2.24. The number of aromatic amines is 1. The molecule has 0 aromatic carbocycles. The molecule has 0 spiro atoms. The van der Waals surface area contributed by atoms with E-state index < -0.39 is 23.1 Å². The van der Waals surface area contributed by atoms with E-state index in [-0.39, 0.29) is 28.4 Å². The summed E-state index contributed by atoms with van der Waals surface area (Å²) in [6.07, 6.45) is -1.45. The van der Waals surface area contributed by atoms with E-state index in [1.165, 1.54) is 37.8 Å². The van der Waals surface area contributed by atoms with Gasteiger partial charge in [-0.25, -0.2) is 26.9 Å². The van der Waals surface area contributed by atoms with Gasteiger partial charge in [-0.3, -0.25) is 0 Å². The monoisotopic (exact) mass is 461 g/mol. The molecule has 3 heterocycles. The lowest BCUT2D eigenvalue weighted by atomic mass is 10.4. The van der Waals surface area contributed by atoms with Crippen molar-refractivity contribution in [3.63, 3.8) is 0 Å². The second-order valence-electron chi connectivity index (χ2n) is 5.75. The number of nitrogens with zero attached hydrogens (tertiary/aromatic N) is 3. The van der Waals surface area contributed by atoms with Crippen LogP contribution in [0.1, 0.15) is 5.69 Å². The Hall–Kier alpha value is -3.00. The van der Waals surface area contributed by atoms with Gasteiger partial charge >= 0.3 is 0 Å². The number of methoxy groups -OCH3 is 2. The van der Waals surface area contributed by atoms with Gasteiger partial charge in [0.15, 0.2) is 0 Å². The largest absolute Gasteiger partial charge is 0.478 e. The van der Waals surface area contributed by atoms with E-state index in [4.69, 9.17) is 14.2 Å². The van der Waals surface area contributed by atoms with Crippen molar-refractivity contribution >= 4 is 27.3 Å². The van der Waals surface area contributed by atoms with Crippen molar-refractivity contribution in [2.24, 2.45) is 0 Å². The number of halogens is 2. The zero-order valence-electron chi connectivity index (χ0n) is 16.0. The number of nitrogens with one attached hydrogen (secondary N) is 2. The Bertz CT molecular complexity index is 1110. The first-order chi connectivity index (χ1) is 14.2. The lowest BCUT2D eigenvalue weighted by Gasteiger charge is -2.14. The van der Waals surface area contributed by atoms with Crippen LogP contribution in [0.3, 0.4) is 0 Å². The van der Waals surface area contributed by atoms with Crippen LogP contribution < -0.4 is 18.9 Å². The van der Waals surface area contributed by atoms with E-state index >= 15 is 0 Å². The van der Waals surface area contributed by atoms with Gasteiger partial charge in [0.05, 0.1) is 19.9 Å². The molecule has 0 aliphatic carbocycles. The maximum absolute atomic E-state index is 12.7. The third-order valence-corrected chi connectivity index (χ3v) is 5.89. The van der Waals surface area contributed by atoms with Crippen molar-refractivity contribution in [2.75, 3.05) is 25.5 Å². The summed E-state index contributed by atoms with van der Waals surface area (Å²) < 4.78 is 67.5. The highest BCUT2D eigenvalue weighted by molar-refractivity contribution is 7.92. The second-order valence-corrected chi connectivity index (χ2v) is 8.29. The molecule has 0 atom stereocenters. The minimum Gasteiger partial charge on any atom is -0.478 e. The maximum Gasteiger partial charge on any atom is 0.272 e. The Morgan fingerprint density at radius 1 is 1.20 bits per heavy atom. The molecule has 14 heteroatoms. The molecule has 162 valence electrons. The molecule has 3 aromatic heterocycles. The summed E-state index contributed by atoms with van der Waals surface area (Å²) >= 11 is 1.37. The highest BCUT2D eigenvalue weighted by Crippen LogP contribution is 2.36. The molecule has 0 radical (unpaired) electrons. The van der Waals surface area contributed by atoms with E-state index in [1.807, 2.05) is 12.3 Å². The number of H-pyrrole nitrogens is 1. The van der Waals surface area contributed by atoms with Gasteiger partial charge < -0.3 is 19.2 Å². The lowest BCUT2D eigenvalue weighted by molar-refractivity contribution is 0.0781. The number of hydrogen-bond donors (Lipinski definition) is 2. The first-order valence-corrected chi connectivity index (χ1v) is 10.6. The van der Waals surface area contributed by atoms with Crippen LogP contribution in [-0.2, 0) is 10.0 Å². The lowest BCUT2D eigenvalue weighted by Crippen LogP contribution is -2.16. The molecule has 0 saturated carbocycles. The Labute approximate surface area is 174 Å². The molecule has 0 bridgehead atoms. The average Bonchev–Trinajstić information content (AvgIpc) is 3.35. The van der Waals surface area contributed by atoms with Crippen LogP contribution in [0.15, 0.2) is 22.5 Å². The van der Waals surface area contributed by atoms with Crippen molar-refractivity contribution < 1.29 is 31.4 Å². The van der Waals surface area contributed by atoms with Gasteiger partial charge in [0.2, 0.25) is 11.7 Å². The van der Waals surface area contributed by atoms with Crippen LogP contribution in [0.2, 0.25) is 0 Å². The Kier molecular flexibility index (Phi) is 6.36. The topological polar surface area (TPSA) is 128 Å². The number of aromatic nitrogens is 4. The van der Waals surface area contributed by atoms with E-state index in [0.29, 0.717) is 10.7 Å². The molecule has 3 rings (SSSR count). The summed E-state index contributed by atoms with van der Waals surface area (Å²) in [6.45, 7) is 0.887. The van der Waals surface area contributed by atoms with Crippen LogP contribution >= 0.6 is 11.3 Å². The van der Waals surface area contributed by atoms with Crippen LogP contribution in [-0.4, -0.2) is 55.6 Å². The fraction of sp³-hybridized carbons (Fsp3) is 0.312. The van der Waals surface area contributed by atoms with E-state index in [9.17, 15) is 17.2 Å². The molecule has 0 unspecified atom stereocenters. The second kappa shape index (κ2) is 8.79. The average molecular weight is 461 g/mol. The van der Waals surface area contributed by atoms with Crippen LogP contribution in [0, 0.1) is 6.92 Å².